The smallest absolute Gasteiger partial charge is 0.237 e. The summed E-state index contributed by atoms with van der Waals surface area (Å²) in [5.74, 6) is 0.122. The van der Waals surface area contributed by atoms with Crippen LogP contribution in [0.2, 0.25) is 0 Å². The zero-order valence-corrected chi connectivity index (χ0v) is 11.8. The van der Waals surface area contributed by atoms with E-state index in [9.17, 15) is 4.79 Å². The van der Waals surface area contributed by atoms with Crippen molar-refractivity contribution in [2.45, 2.75) is 45.4 Å². The number of carbonyl (C=O) groups is 1. The van der Waals surface area contributed by atoms with Gasteiger partial charge in [-0.15, -0.1) is 0 Å². The average Bonchev–Trinajstić information content (AvgIpc) is 2.84. The molecule has 5 nitrogen and oxygen atoms in total. The number of ether oxygens (including phenoxy) is 2. The van der Waals surface area contributed by atoms with Crippen LogP contribution in [0.25, 0.3) is 0 Å². The lowest BCUT2D eigenvalue weighted by molar-refractivity contribution is -0.143. The minimum absolute atomic E-state index is 0.0268. The lowest BCUT2D eigenvalue weighted by Crippen LogP contribution is -2.43. The van der Waals surface area contributed by atoms with Gasteiger partial charge in [-0.2, -0.15) is 0 Å². The number of carbonyl (C=O) groups excluding carboxylic acids is 1. The number of amides is 1. The Hall–Kier alpha value is -0.650. The first-order valence-electron chi connectivity index (χ1n) is 6.91. The van der Waals surface area contributed by atoms with E-state index in [0.29, 0.717) is 13.2 Å². The van der Waals surface area contributed by atoms with Crippen LogP contribution >= 0.6 is 0 Å². The second-order valence-corrected chi connectivity index (χ2v) is 4.44. The molecule has 0 bridgehead atoms. The van der Waals surface area contributed by atoms with Gasteiger partial charge < -0.3 is 14.8 Å². The van der Waals surface area contributed by atoms with Crippen molar-refractivity contribution < 1.29 is 14.3 Å². The van der Waals surface area contributed by atoms with Crippen molar-refractivity contribution in [3.05, 3.63) is 0 Å². The van der Waals surface area contributed by atoms with Gasteiger partial charge in [0.15, 0.2) is 6.29 Å². The Morgan fingerprint density at radius 1 is 1.39 bits per heavy atom. The quantitative estimate of drug-likeness (QED) is 0.660. The van der Waals surface area contributed by atoms with E-state index in [2.05, 4.69) is 10.2 Å². The first-order chi connectivity index (χ1) is 8.72. The van der Waals surface area contributed by atoms with Gasteiger partial charge in [-0.3, -0.25) is 9.69 Å². The van der Waals surface area contributed by atoms with Crippen molar-refractivity contribution >= 4 is 5.91 Å². The normalized spacial score (nSPS) is 20.6. The Kier molecular flexibility index (Phi) is 7.23. The molecule has 0 aromatic heterocycles. The molecule has 0 spiro atoms. The molecule has 0 aromatic rings. The standard InChI is InChI=1S/C13H26N2O3/c1-4-17-12(18-5-2)8-10-15-9-6-7-11(15)13(16)14-3/h11-12H,4-10H2,1-3H3,(H,14,16). The predicted molar refractivity (Wildman–Crippen MR) is 70.3 cm³/mol. The maximum atomic E-state index is 11.7. The highest BCUT2D eigenvalue weighted by Crippen LogP contribution is 2.18. The molecule has 18 heavy (non-hydrogen) atoms. The van der Waals surface area contributed by atoms with E-state index >= 15 is 0 Å². The first-order valence-corrected chi connectivity index (χ1v) is 6.91. The molecule has 1 fully saturated rings. The molecule has 1 aliphatic heterocycles. The predicted octanol–water partition coefficient (Wildman–Crippen LogP) is 0.986. The van der Waals surface area contributed by atoms with E-state index in [4.69, 9.17) is 9.47 Å². The summed E-state index contributed by atoms with van der Waals surface area (Å²) in [5.41, 5.74) is 0. The van der Waals surface area contributed by atoms with E-state index in [1.165, 1.54) is 0 Å². The summed E-state index contributed by atoms with van der Waals surface area (Å²) in [6, 6.07) is 0.0268. The van der Waals surface area contributed by atoms with Crippen LogP contribution in [-0.4, -0.2) is 56.5 Å². The van der Waals surface area contributed by atoms with E-state index in [-0.39, 0.29) is 18.2 Å². The van der Waals surface area contributed by atoms with Gasteiger partial charge in [0.25, 0.3) is 0 Å². The highest BCUT2D eigenvalue weighted by Gasteiger charge is 2.30. The van der Waals surface area contributed by atoms with E-state index < -0.39 is 0 Å². The van der Waals surface area contributed by atoms with Crippen LogP contribution < -0.4 is 5.32 Å². The van der Waals surface area contributed by atoms with Crippen LogP contribution in [0.15, 0.2) is 0 Å². The van der Waals surface area contributed by atoms with Gasteiger partial charge in [0.1, 0.15) is 0 Å². The monoisotopic (exact) mass is 258 g/mol. The molecule has 1 heterocycles. The van der Waals surface area contributed by atoms with Crippen molar-refractivity contribution in [3.63, 3.8) is 0 Å². The molecule has 1 atom stereocenters. The van der Waals surface area contributed by atoms with Crippen LogP contribution in [0, 0.1) is 0 Å². The molecule has 1 N–H and O–H groups in total. The molecule has 0 aromatic carbocycles. The lowest BCUT2D eigenvalue weighted by atomic mass is 10.2. The van der Waals surface area contributed by atoms with Gasteiger partial charge in [0.05, 0.1) is 6.04 Å². The Balaban J connectivity index is 2.38. The summed E-state index contributed by atoms with van der Waals surface area (Å²) in [7, 11) is 1.70. The third kappa shape index (κ3) is 4.55. The number of hydrogen-bond acceptors (Lipinski definition) is 4. The van der Waals surface area contributed by atoms with E-state index in [1.54, 1.807) is 7.05 Å². The zero-order valence-electron chi connectivity index (χ0n) is 11.8. The molecule has 1 rings (SSSR count). The lowest BCUT2D eigenvalue weighted by Gasteiger charge is -2.25. The third-order valence-corrected chi connectivity index (χ3v) is 3.27. The molecule has 0 aliphatic carbocycles. The minimum atomic E-state index is -0.147. The fourth-order valence-electron chi connectivity index (χ4n) is 2.42. The molecule has 1 saturated heterocycles. The topological polar surface area (TPSA) is 50.8 Å². The largest absolute Gasteiger partial charge is 0.358 e. The zero-order chi connectivity index (χ0) is 13.4. The van der Waals surface area contributed by atoms with Crippen molar-refractivity contribution in [2.24, 2.45) is 0 Å². The molecular formula is C13H26N2O3. The average molecular weight is 258 g/mol. The van der Waals surface area contributed by atoms with Crippen molar-refractivity contribution in [1.82, 2.24) is 10.2 Å². The number of hydrogen-bond donors (Lipinski definition) is 1. The van der Waals surface area contributed by atoms with Gasteiger partial charge in [-0.25, -0.2) is 0 Å². The molecule has 5 heteroatoms. The number of nitrogens with zero attached hydrogens (tertiary/aromatic N) is 1. The summed E-state index contributed by atoms with van der Waals surface area (Å²) >= 11 is 0. The number of nitrogens with one attached hydrogen (secondary N) is 1. The number of likely N-dealkylation sites (tertiary alicyclic amines) is 1. The van der Waals surface area contributed by atoms with Crippen LogP contribution in [0.4, 0.5) is 0 Å². The van der Waals surface area contributed by atoms with E-state index in [1.807, 2.05) is 13.8 Å². The molecule has 1 amide bonds. The number of rotatable bonds is 8. The molecule has 1 aliphatic rings. The van der Waals surface area contributed by atoms with Gasteiger partial charge in [0.2, 0.25) is 5.91 Å². The minimum Gasteiger partial charge on any atom is -0.358 e. The van der Waals surface area contributed by atoms with Crippen LogP contribution in [0.3, 0.4) is 0 Å². The molecule has 0 saturated carbocycles. The number of likely N-dealkylation sites (N-methyl/N-ethyl adjacent to an activating group) is 1. The summed E-state index contributed by atoms with van der Waals surface area (Å²) in [6.07, 6.45) is 2.71. The molecular weight excluding hydrogens is 232 g/mol. The fraction of sp³-hybridized carbons (Fsp3) is 0.923. The summed E-state index contributed by atoms with van der Waals surface area (Å²) < 4.78 is 11.0. The van der Waals surface area contributed by atoms with Crippen LogP contribution in [0.1, 0.15) is 33.1 Å². The second-order valence-electron chi connectivity index (χ2n) is 4.44. The Morgan fingerprint density at radius 2 is 2.06 bits per heavy atom. The van der Waals surface area contributed by atoms with Gasteiger partial charge >= 0.3 is 0 Å². The Bertz CT molecular complexity index is 242. The highest BCUT2D eigenvalue weighted by molar-refractivity contribution is 5.81. The van der Waals surface area contributed by atoms with E-state index in [0.717, 1.165) is 32.4 Å². The van der Waals surface area contributed by atoms with Crippen molar-refractivity contribution in [3.8, 4) is 0 Å². The van der Waals surface area contributed by atoms with Crippen molar-refractivity contribution in [1.29, 1.82) is 0 Å². The fourth-order valence-corrected chi connectivity index (χ4v) is 2.42. The SMILES string of the molecule is CCOC(CCN1CCCC1C(=O)NC)OCC. The highest BCUT2D eigenvalue weighted by atomic mass is 16.7. The molecule has 0 radical (unpaired) electrons. The Labute approximate surface area is 110 Å². The maximum absolute atomic E-state index is 11.7. The third-order valence-electron chi connectivity index (χ3n) is 3.27. The Morgan fingerprint density at radius 3 is 2.61 bits per heavy atom. The summed E-state index contributed by atoms with van der Waals surface area (Å²) in [5, 5.41) is 2.73. The van der Waals surface area contributed by atoms with Crippen LogP contribution in [-0.2, 0) is 14.3 Å². The van der Waals surface area contributed by atoms with Gasteiger partial charge in [-0.1, -0.05) is 0 Å². The van der Waals surface area contributed by atoms with Crippen molar-refractivity contribution in [2.75, 3.05) is 33.4 Å². The van der Waals surface area contributed by atoms with Crippen LogP contribution in [0.5, 0.6) is 0 Å². The summed E-state index contributed by atoms with van der Waals surface area (Å²) in [4.78, 5) is 13.9. The first kappa shape index (κ1) is 15.4. The molecule has 106 valence electrons. The molecule has 1 unspecified atom stereocenters. The second kappa shape index (κ2) is 8.45. The van der Waals surface area contributed by atoms with Gasteiger partial charge in [-0.05, 0) is 33.2 Å². The van der Waals surface area contributed by atoms with Gasteiger partial charge in [0, 0.05) is 33.2 Å². The maximum Gasteiger partial charge on any atom is 0.237 e. The summed E-state index contributed by atoms with van der Waals surface area (Å²) in [6.45, 7) is 7.09.